The minimum atomic E-state index is -3.50. The van der Waals surface area contributed by atoms with E-state index in [1.807, 2.05) is 45.8 Å². The third-order valence-electron chi connectivity index (χ3n) is 6.00. The lowest BCUT2D eigenvalue weighted by Gasteiger charge is -2.37. The van der Waals surface area contributed by atoms with Crippen molar-refractivity contribution in [2.45, 2.75) is 12.2 Å². The van der Waals surface area contributed by atoms with Crippen molar-refractivity contribution in [2.24, 2.45) is 0 Å². The fourth-order valence-corrected chi connectivity index (χ4v) is 8.31. The van der Waals surface area contributed by atoms with Crippen LogP contribution in [0.4, 0.5) is 0 Å². The molecule has 0 N–H and O–H groups in total. The number of hydrogen-bond donors (Lipinski definition) is 0. The largest absolute Gasteiger partial charge is 0.379 e. The van der Waals surface area contributed by atoms with E-state index in [1.165, 1.54) is 19.1 Å². The van der Waals surface area contributed by atoms with Crippen LogP contribution in [-0.2, 0) is 27.1 Å². The molecule has 8 nitrogen and oxygen atoms in total. The van der Waals surface area contributed by atoms with Gasteiger partial charge in [0.15, 0.2) is 0 Å². The molecule has 31 heavy (non-hydrogen) atoms. The second kappa shape index (κ2) is 8.87. The molecule has 0 spiro atoms. The zero-order chi connectivity index (χ0) is 21.4. The first-order valence-electron chi connectivity index (χ1n) is 10.5. The highest BCUT2D eigenvalue weighted by atomic mass is 32.2. The smallest absolute Gasteiger partial charge is 0.282 e. The monoisotopic (exact) mass is 482 g/mol. The van der Waals surface area contributed by atoms with Crippen molar-refractivity contribution in [3.05, 3.63) is 40.5 Å². The minimum Gasteiger partial charge on any atom is -0.379 e. The average molecular weight is 483 g/mol. The lowest BCUT2D eigenvalue weighted by atomic mass is 10.1. The van der Waals surface area contributed by atoms with E-state index >= 15 is 0 Å². The van der Waals surface area contributed by atoms with Gasteiger partial charge >= 0.3 is 0 Å². The molecular formula is C20H26N4O4S3. The van der Waals surface area contributed by atoms with Crippen molar-refractivity contribution in [3.8, 4) is 5.00 Å². The number of hydrogen-bond acceptors (Lipinski definition) is 6. The van der Waals surface area contributed by atoms with Crippen LogP contribution in [0, 0.1) is 0 Å². The molecule has 0 saturated carbocycles. The second-order valence-electron chi connectivity index (χ2n) is 7.79. The maximum Gasteiger partial charge on any atom is 0.282 e. The van der Waals surface area contributed by atoms with E-state index in [-0.39, 0.29) is 5.91 Å². The van der Waals surface area contributed by atoms with Crippen LogP contribution in [0.3, 0.4) is 0 Å². The van der Waals surface area contributed by atoms with Crippen LogP contribution in [0.25, 0.3) is 5.00 Å². The summed E-state index contributed by atoms with van der Waals surface area (Å²) >= 11 is 3.62. The number of carbonyl (C=O) groups excluding carboxylic acids is 1. The number of fused-ring (bicyclic) bond motifs is 1. The van der Waals surface area contributed by atoms with Crippen molar-refractivity contribution in [1.82, 2.24) is 18.1 Å². The Labute approximate surface area is 190 Å². The van der Waals surface area contributed by atoms with Crippen LogP contribution in [0.5, 0.6) is 0 Å². The molecule has 2 aromatic heterocycles. The number of aromatic nitrogens is 1. The molecule has 11 heteroatoms. The molecule has 3 aliphatic rings. The molecule has 0 bridgehead atoms. The zero-order valence-corrected chi connectivity index (χ0v) is 19.7. The first-order valence-corrected chi connectivity index (χ1v) is 13.9. The first-order chi connectivity index (χ1) is 15.1. The Morgan fingerprint density at radius 2 is 1.65 bits per heavy atom. The van der Waals surface area contributed by atoms with Crippen LogP contribution in [0.1, 0.15) is 20.8 Å². The molecule has 5 heterocycles. The van der Waals surface area contributed by atoms with Gasteiger partial charge in [-0.3, -0.25) is 4.79 Å². The van der Waals surface area contributed by atoms with E-state index in [2.05, 4.69) is 0 Å². The summed E-state index contributed by atoms with van der Waals surface area (Å²) in [6.45, 7) is 3.11. The molecule has 0 aliphatic carbocycles. The second-order valence-corrected chi connectivity index (χ2v) is 11.9. The lowest BCUT2D eigenvalue weighted by Crippen LogP contribution is -2.55. The number of morpholine rings is 1. The Morgan fingerprint density at radius 1 is 0.968 bits per heavy atom. The van der Waals surface area contributed by atoms with Crippen LogP contribution in [0.15, 0.2) is 24.5 Å². The van der Waals surface area contributed by atoms with Crippen molar-refractivity contribution in [2.75, 3.05) is 58.2 Å². The number of thioether (sulfide) groups is 1. The Bertz CT molecular complexity index is 1040. The number of ether oxygens (including phenoxy) is 1. The molecule has 168 valence electrons. The Morgan fingerprint density at radius 3 is 2.35 bits per heavy atom. The highest BCUT2D eigenvalue weighted by molar-refractivity contribution is 7.98. The van der Waals surface area contributed by atoms with E-state index in [0.717, 1.165) is 28.5 Å². The summed E-state index contributed by atoms with van der Waals surface area (Å²) in [5.41, 5.74) is 1.99. The highest BCUT2D eigenvalue weighted by Crippen LogP contribution is 2.39. The number of thiophene rings is 1. The van der Waals surface area contributed by atoms with Crippen LogP contribution >= 0.6 is 23.1 Å². The Balaban J connectivity index is 1.35. The zero-order valence-electron chi connectivity index (χ0n) is 17.2. The summed E-state index contributed by atoms with van der Waals surface area (Å²) < 4.78 is 36.2. The number of piperazine rings is 1. The van der Waals surface area contributed by atoms with Crippen molar-refractivity contribution >= 4 is 39.2 Å². The van der Waals surface area contributed by atoms with Crippen molar-refractivity contribution in [1.29, 1.82) is 0 Å². The Hall–Kier alpha value is -1.37. The third-order valence-corrected chi connectivity index (χ3v) is 10.5. The lowest BCUT2D eigenvalue weighted by molar-refractivity contribution is 0.0636. The molecular weight excluding hydrogens is 456 g/mol. The summed E-state index contributed by atoms with van der Waals surface area (Å²) in [5, 5.41) is 0.978. The van der Waals surface area contributed by atoms with Crippen molar-refractivity contribution in [3.63, 3.8) is 0 Å². The maximum atomic E-state index is 13.6. The first kappa shape index (κ1) is 21.5. The summed E-state index contributed by atoms with van der Waals surface area (Å²) in [7, 11) is -3.50. The summed E-state index contributed by atoms with van der Waals surface area (Å²) in [5.74, 6) is 2.00. The normalized spacial score (nSPS) is 21.2. The van der Waals surface area contributed by atoms with Gasteiger partial charge < -0.3 is 14.2 Å². The van der Waals surface area contributed by atoms with Gasteiger partial charge in [-0.15, -0.1) is 11.3 Å². The van der Waals surface area contributed by atoms with Crippen LogP contribution < -0.4 is 0 Å². The molecule has 2 saturated heterocycles. The number of rotatable bonds is 4. The predicted molar refractivity (Wildman–Crippen MR) is 122 cm³/mol. The van der Waals surface area contributed by atoms with Gasteiger partial charge in [-0.1, -0.05) is 0 Å². The highest BCUT2D eigenvalue weighted by Gasteiger charge is 2.36. The number of amides is 1. The van der Waals surface area contributed by atoms with Crippen LogP contribution in [-0.4, -0.2) is 90.6 Å². The molecule has 2 fully saturated rings. The Kier molecular flexibility index (Phi) is 6.15. The van der Waals surface area contributed by atoms with Gasteiger partial charge in [-0.25, -0.2) is 0 Å². The SMILES string of the molecule is O=C(c1c(-n2cccc2)sc2c1CCSC2)N1CCN(S(=O)(=O)N2CCOCC2)CC1. The standard InChI is InChI=1S/C20H26N4O4S3/c25-19(18-16-3-14-29-15-17(16)30-20(18)22-4-1-2-5-22)21-6-8-23(9-7-21)31(26,27)24-10-12-28-13-11-24/h1-2,4-5H,3,6-15H2. The molecule has 5 rings (SSSR count). The van der Waals surface area contributed by atoms with Crippen LogP contribution in [0.2, 0.25) is 0 Å². The fraction of sp³-hybridized carbons (Fsp3) is 0.550. The molecule has 0 aromatic carbocycles. The van der Waals surface area contributed by atoms with E-state index in [1.54, 1.807) is 11.3 Å². The van der Waals surface area contributed by atoms with Gasteiger partial charge in [0.2, 0.25) is 0 Å². The quantitative estimate of drug-likeness (QED) is 0.663. The van der Waals surface area contributed by atoms with Gasteiger partial charge in [0, 0.05) is 62.3 Å². The van der Waals surface area contributed by atoms with Gasteiger partial charge in [0.1, 0.15) is 5.00 Å². The molecule has 2 aromatic rings. The fourth-order valence-electron chi connectivity index (χ4n) is 4.31. The third kappa shape index (κ3) is 4.07. The van der Waals surface area contributed by atoms with Gasteiger partial charge in [-0.05, 0) is 29.9 Å². The van der Waals surface area contributed by atoms with Gasteiger partial charge in [0.25, 0.3) is 16.1 Å². The molecule has 0 unspecified atom stereocenters. The molecule has 0 radical (unpaired) electrons. The van der Waals surface area contributed by atoms with Gasteiger partial charge in [-0.2, -0.15) is 28.8 Å². The summed E-state index contributed by atoms with van der Waals surface area (Å²) in [6, 6.07) is 3.94. The topological polar surface area (TPSA) is 75.1 Å². The predicted octanol–water partition coefficient (Wildman–Crippen LogP) is 1.66. The maximum absolute atomic E-state index is 13.6. The number of nitrogens with zero attached hydrogens (tertiary/aromatic N) is 4. The van der Waals surface area contributed by atoms with E-state index in [4.69, 9.17) is 4.74 Å². The van der Waals surface area contributed by atoms with E-state index in [9.17, 15) is 13.2 Å². The molecule has 0 atom stereocenters. The molecule has 3 aliphatic heterocycles. The number of carbonyl (C=O) groups is 1. The van der Waals surface area contributed by atoms with Gasteiger partial charge in [0.05, 0.1) is 18.8 Å². The molecule has 1 amide bonds. The van der Waals surface area contributed by atoms with Crippen molar-refractivity contribution < 1.29 is 17.9 Å². The summed E-state index contributed by atoms with van der Waals surface area (Å²) in [6.07, 6.45) is 4.87. The van der Waals surface area contributed by atoms with E-state index < -0.39 is 10.2 Å². The summed E-state index contributed by atoms with van der Waals surface area (Å²) in [4.78, 5) is 16.7. The average Bonchev–Trinajstić information content (AvgIpc) is 3.47. The minimum absolute atomic E-state index is 0.0246. The van der Waals surface area contributed by atoms with E-state index in [0.29, 0.717) is 52.5 Å².